The van der Waals surface area contributed by atoms with E-state index in [0.717, 1.165) is 16.3 Å². The Balaban J connectivity index is 1.79. The van der Waals surface area contributed by atoms with Crippen LogP contribution in [0.15, 0.2) is 30.3 Å². The van der Waals surface area contributed by atoms with E-state index in [4.69, 9.17) is 11.6 Å². The number of rotatable bonds is 2. The quantitative estimate of drug-likeness (QED) is 0.829. The van der Waals surface area contributed by atoms with E-state index in [1.54, 1.807) is 6.92 Å². The number of amides is 2. The van der Waals surface area contributed by atoms with Crippen LogP contribution in [0.5, 0.6) is 0 Å². The Kier molecular flexibility index (Phi) is 4.93. The van der Waals surface area contributed by atoms with Gasteiger partial charge in [-0.3, -0.25) is 0 Å². The van der Waals surface area contributed by atoms with E-state index in [9.17, 15) is 13.2 Å². The van der Waals surface area contributed by atoms with E-state index in [1.165, 1.54) is 0 Å². The molecule has 134 valence electrons. The smallest absolute Gasteiger partial charge is 0.319 e. The van der Waals surface area contributed by atoms with Gasteiger partial charge in [-0.05, 0) is 38.3 Å². The Labute approximate surface area is 152 Å². The molecule has 5 nitrogen and oxygen atoms in total. The molecule has 25 heavy (non-hydrogen) atoms. The van der Waals surface area contributed by atoms with Crippen molar-refractivity contribution in [3.63, 3.8) is 0 Å². The summed E-state index contributed by atoms with van der Waals surface area (Å²) in [7, 11) is -3.14. The maximum absolute atomic E-state index is 12.4. The van der Waals surface area contributed by atoms with Gasteiger partial charge in [0, 0.05) is 21.8 Å². The molecule has 1 heterocycles. The van der Waals surface area contributed by atoms with Crippen molar-refractivity contribution in [3.8, 4) is 0 Å². The largest absolute Gasteiger partial charge is 0.334 e. The third-order valence-electron chi connectivity index (χ3n) is 4.73. The molecule has 2 unspecified atom stereocenters. The summed E-state index contributed by atoms with van der Waals surface area (Å²) in [5.74, 6) is -0.0120. The Morgan fingerprint density at radius 2 is 1.88 bits per heavy atom. The maximum atomic E-state index is 12.4. The zero-order valence-corrected chi connectivity index (χ0v) is 15.7. The Bertz CT molecular complexity index is 927. The summed E-state index contributed by atoms with van der Waals surface area (Å²) in [6.07, 6.45) is 1.23. The van der Waals surface area contributed by atoms with Crippen LogP contribution in [0.4, 0.5) is 10.5 Å². The van der Waals surface area contributed by atoms with Crippen LogP contribution in [-0.2, 0) is 9.84 Å². The van der Waals surface area contributed by atoms with Gasteiger partial charge in [-0.25, -0.2) is 13.2 Å². The first-order valence-corrected chi connectivity index (χ1v) is 10.3. The lowest BCUT2D eigenvalue weighted by Crippen LogP contribution is -2.47. The van der Waals surface area contributed by atoms with Crippen LogP contribution >= 0.6 is 11.6 Å². The first-order valence-electron chi connectivity index (χ1n) is 8.25. The Morgan fingerprint density at radius 3 is 2.56 bits per heavy atom. The van der Waals surface area contributed by atoms with Gasteiger partial charge >= 0.3 is 6.03 Å². The number of urea groups is 1. The summed E-state index contributed by atoms with van der Waals surface area (Å²) in [5.41, 5.74) is 1.54. The molecule has 2 amide bonds. The molecule has 3 rings (SSSR count). The van der Waals surface area contributed by atoms with Crippen molar-refractivity contribution < 1.29 is 13.2 Å². The molecule has 1 saturated heterocycles. The molecule has 2 N–H and O–H groups in total. The predicted molar refractivity (Wildman–Crippen MR) is 102 cm³/mol. The number of hydrogen-bond donors (Lipinski definition) is 2. The summed E-state index contributed by atoms with van der Waals surface area (Å²) in [5, 5.41) is 7.66. The molecule has 0 radical (unpaired) electrons. The molecule has 1 fully saturated rings. The number of halogens is 1. The minimum Gasteiger partial charge on any atom is -0.334 e. The predicted octanol–water partition coefficient (Wildman–Crippen LogP) is 3.89. The van der Waals surface area contributed by atoms with E-state index >= 15 is 0 Å². The number of fused-ring (bicyclic) bond motifs is 1. The number of sulfone groups is 1. The number of anilines is 1. The monoisotopic (exact) mass is 380 g/mol. The van der Waals surface area contributed by atoms with Crippen molar-refractivity contribution in [3.05, 3.63) is 40.9 Å². The summed E-state index contributed by atoms with van der Waals surface area (Å²) in [4.78, 5) is 12.4. The van der Waals surface area contributed by atoms with Gasteiger partial charge in [-0.1, -0.05) is 35.9 Å². The minimum absolute atomic E-state index is 0.0120. The highest BCUT2D eigenvalue weighted by Gasteiger charge is 2.32. The number of hydrogen-bond acceptors (Lipinski definition) is 3. The number of benzene rings is 2. The van der Waals surface area contributed by atoms with Crippen LogP contribution in [-0.4, -0.2) is 31.5 Å². The highest BCUT2D eigenvalue weighted by molar-refractivity contribution is 7.92. The number of nitrogens with one attached hydrogen (secondary N) is 2. The fourth-order valence-corrected chi connectivity index (χ4v) is 5.18. The van der Waals surface area contributed by atoms with E-state index < -0.39 is 15.9 Å². The van der Waals surface area contributed by atoms with Crippen LogP contribution in [0.25, 0.3) is 10.8 Å². The highest BCUT2D eigenvalue weighted by atomic mass is 35.5. The lowest BCUT2D eigenvalue weighted by Gasteiger charge is -2.27. The van der Waals surface area contributed by atoms with E-state index in [-0.39, 0.29) is 17.0 Å². The van der Waals surface area contributed by atoms with Gasteiger partial charge in [-0.2, -0.15) is 0 Å². The summed E-state index contributed by atoms with van der Waals surface area (Å²) in [6.45, 7) is 3.59. The van der Waals surface area contributed by atoms with Crippen LogP contribution in [0.1, 0.15) is 25.3 Å². The molecule has 0 saturated carbocycles. The lowest BCUT2D eigenvalue weighted by atomic mass is 10.0. The topological polar surface area (TPSA) is 75.3 Å². The third kappa shape index (κ3) is 3.75. The molecule has 2 aromatic carbocycles. The van der Waals surface area contributed by atoms with Crippen molar-refractivity contribution in [2.45, 2.75) is 38.0 Å². The molecule has 1 aliphatic rings. The van der Waals surface area contributed by atoms with E-state index in [2.05, 4.69) is 10.6 Å². The average Bonchev–Trinajstić information content (AvgIpc) is 2.54. The van der Waals surface area contributed by atoms with Crippen molar-refractivity contribution >= 4 is 43.9 Å². The summed E-state index contributed by atoms with van der Waals surface area (Å²) in [6, 6.07) is 8.63. The van der Waals surface area contributed by atoms with E-state index in [1.807, 2.05) is 37.3 Å². The number of aryl methyl sites for hydroxylation is 1. The number of carbonyl (C=O) groups is 1. The van der Waals surface area contributed by atoms with Crippen molar-refractivity contribution in [1.29, 1.82) is 0 Å². The van der Waals surface area contributed by atoms with Crippen LogP contribution in [0.2, 0.25) is 5.02 Å². The molecule has 0 aliphatic carbocycles. The van der Waals surface area contributed by atoms with Gasteiger partial charge in [0.15, 0.2) is 9.84 Å². The lowest BCUT2D eigenvalue weighted by molar-refractivity contribution is 0.248. The van der Waals surface area contributed by atoms with Crippen molar-refractivity contribution in [2.75, 3.05) is 11.1 Å². The summed E-state index contributed by atoms with van der Waals surface area (Å²) >= 11 is 6.28. The SMILES string of the molecule is Cc1cc(Cl)c2ccccc2c1NC(=O)NC1CCC(C)S(=O)(=O)C1. The maximum Gasteiger partial charge on any atom is 0.319 e. The van der Waals surface area contributed by atoms with Gasteiger partial charge in [0.2, 0.25) is 0 Å². The molecule has 0 spiro atoms. The van der Waals surface area contributed by atoms with Crippen molar-refractivity contribution in [1.82, 2.24) is 5.32 Å². The molecule has 1 aliphatic heterocycles. The summed E-state index contributed by atoms with van der Waals surface area (Å²) < 4.78 is 24.0. The van der Waals surface area contributed by atoms with Crippen LogP contribution in [0, 0.1) is 6.92 Å². The van der Waals surface area contributed by atoms with Gasteiger partial charge in [-0.15, -0.1) is 0 Å². The van der Waals surface area contributed by atoms with E-state index in [0.29, 0.717) is 23.6 Å². The zero-order chi connectivity index (χ0) is 18.2. The third-order valence-corrected chi connectivity index (χ3v) is 7.37. The second-order valence-electron chi connectivity index (χ2n) is 6.61. The van der Waals surface area contributed by atoms with Gasteiger partial charge in [0.1, 0.15) is 0 Å². The molecular formula is C18H21ClN2O3S. The molecule has 0 bridgehead atoms. The van der Waals surface area contributed by atoms with Gasteiger partial charge < -0.3 is 10.6 Å². The average molecular weight is 381 g/mol. The fraction of sp³-hybridized carbons (Fsp3) is 0.389. The first kappa shape index (κ1) is 18.0. The number of carbonyl (C=O) groups excluding carboxylic acids is 1. The minimum atomic E-state index is -3.14. The van der Waals surface area contributed by atoms with Crippen molar-refractivity contribution in [2.24, 2.45) is 0 Å². The first-order chi connectivity index (χ1) is 11.8. The molecule has 2 atom stereocenters. The molecule has 0 aromatic heterocycles. The molecular weight excluding hydrogens is 360 g/mol. The Morgan fingerprint density at radius 1 is 1.20 bits per heavy atom. The van der Waals surface area contributed by atoms with Gasteiger partial charge in [0.05, 0.1) is 16.7 Å². The normalized spacial score (nSPS) is 22.5. The van der Waals surface area contributed by atoms with Crippen LogP contribution in [0.3, 0.4) is 0 Å². The fourth-order valence-electron chi connectivity index (χ4n) is 3.22. The second kappa shape index (κ2) is 6.84. The molecule has 7 heteroatoms. The second-order valence-corrected chi connectivity index (χ2v) is 9.48. The highest BCUT2D eigenvalue weighted by Crippen LogP contribution is 2.33. The standard InChI is InChI=1S/C18H21ClN2O3S/c1-11-9-16(19)14-5-3-4-6-15(14)17(11)21-18(22)20-13-8-7-12(2)25(23,24)10-13/h3-6,9,12-13H,7-8,10H2,1-2H3,(H2,20,21,22). The van der Waals surface area contributed by atoms with Gasteiger partial charge in [0.25, 0.3) is 0 Å². The Hall–Kier alpha value is -1.79. The van der Waals surface area contributed by atoms with Crippen LogP contribution < -0.4 is 10.6 Å². The zero-order valence-electron chi connectivity index (χ0n) is 14.2. The molecule has 2 aromatic rings.